The van der Waals surface area contributed by atoms with Crippen LogP contribution in [0.2, 0.25) is 0 Å². The van der Waals surface area contributed by atoms with Gasteiger partial charge in [-0.05, 0) is 80.5 Å². The topological polar surface area (TPSA) is 15.3 Å². The lowest BCUT2D eigenvalue weighted by molar-refractivity contribution is 0.248. The molecule has 1 N–H and O–H groups in total. The minimum Gasteiger partial charge on any atom is -0.385 e. The monoisotopic (exact) mass is 392 g/mol. The quantitative estimate of drug-likeness (QED) is 0.409. The van der Waals surface area contributed by atoms with E-state index in [0.29, 0.717) is 0 Å². The Balaban J connectivity index is 0.000000989. The van der Waals surface area contributed by atoms with Crippen molar-refractivity contribution in [2.24, 2.45) is 0 Å². The first-order valence-corrected chi connectivity index (χ1v) is 10.7. The summed E-state index contributed by atoms with van der Waals surface area (Å²) in [4.78, 5) is 2.61. The minimum atomic E-state index is 1.08. The highest BCUT2D eigenvalue weighted by atomic mass is 15.1. The van der Waals surface area contributed by atoms with Crippen molar-refractivity contribution in [3.05, 3.63) is 90.5 Å². The summed E-state index contributed by atoms with van der Waals surface area (Å²) >= 11 is 0. The number of aryl methyl sites for hydroxylation is 3. The van der Waals surface area contributed by atoms with Crippen LogP contribution in [-0.4, -0.2) is 24.5 Å². The van der Waals surface area contributed by atoms with Gasteiger partial charge in [-0.3, -0.25) is 4.90 Å². The lowest BCUT2D eigenvalue weighted by Gasteiger charge is -2.28. The van der Waals surface area contributed by atoms with Crippen LogP contribution in [0.5, 0.6) is 0 Å². The molecule has 0 amide bonds. The van der Waals surface area contributed by atoms with E-state index in [1.807, 2.05) is 0 Å². The van der Waals surface area contributed by atoms with Crippen LogP contribution in [0.25, 0.3) is 0 Å². The van der Waals surface area contributed by atoms with Gasteiger partial charge in [0.15, 0.2) is 0 Å². The van der Waals surface area contributed by atoms with Crippen molar-refractivity contribution in [1.29, 1.82) is 0 Å². The molecular formula is C27H40N2. The van der Waals surface area contributed by atoms with Crippen molar-refractivity contribution in [3.8, 4) is 0 Å². The Labute approximate surface area is 179 Å². The van der Waals surface area contributed by atoms with Gasteiger partial charge >= 0.3 is 0 Å². The van der Waals surface area contributed by atoms with Crippen molar-refractivity contribution in [1.82, 2.24) is 4.90 Å². The Hall–Kier alpha value is -2.32. The van der Waals surface area contributed by atoms with Crippen LogP contribution >= 0.6 is 0 Å². The normalized spacial score (nSPS) is 12.7. The molecular weight excluding hydrogens is 352 g/mol. The smallest absolute Gasteiger partial charge is 0.0372 e. The van der Waals surface area contributed by atoms with E-state index < -0.39 is 0 Å². The fraction of sp³-hybridized carbons (Fsp3) is 0.407. The third-order valence-corrected chi connectivity index (χ3v) is 5.52. The highest BCUT2D eigenvalue weighted by Gasteiger charge is 2.14. The van der Waals surface area contributed by atoms with Gasteiger partial charge in [-0.15, -0.1) is 26.3 Å². The molecule has 0 aromatic heterocycles. The molecule has 0 spiro atoms. The molecule has 0 atom stereocenters. The van der Waals surface area contributed by atoms with Crippen LogP contribution in [0.4, 0.5) is 5.69 Å². The molecule has 0 radical (unpaired) electrons. The summed E-state index contributed by atoms with van der Waals surface area (Å²) in [6, 6.07) is 13.5. The van der Waals surface area contributed by atoms with Crippen LogP contribution in [0.3, 0.4) is 0 Å². The van der Waals surface area contributed by atoms with Crippen LogP contribution in [0, 0.1) is 20.8 Å². The molecule has 0 saturated carbocycles. The maximum absolute atomic E-state index is 3.62. The van der Waals surface area contributed by atoms with Crippen molar-refractivity contribution in [2.45, 2.75) is 53.0 Å². The molecule has 0 fully saturated rings. The average Bonchev–Trinajstić information content (AvgIpc) is 2.76. The lowest BCUT2D eigenvalue weighted by Crippen LogP contribution is -2.31. The molecule has 0 unspecified atom stereocenters. The van der Waals surface area contributed by atoms with Crippen molar-refractivity contribution >= 4 is 5.69 Å². The molecule has 2 aromatic carbocycles. The molecule has 0 saturated heterocycles. The lowest BCUT2D eigenvalue weighted by atomic mass is 10.00. The van der Waals surface area contributed by atoms with Gasteiger partial charge in [-0.2, -0.15) is 0 Å². The summed E-state index contributed by atoms with van der Waals surface area (Å²) < 4.78 is 0. The third kappa shape index (κ3) is 7.91. The van der Waals surface area contributed by atoms with Crippen molar-refractivity contribution in [3.63, 3.8) is 0 Å². The van der Waals surface area contributed by atoms with E-state index in [4.69, 9.17) is 0 Å². The number of nitrogens with zero attached hydrogens (tertiary/aromatic N) is 1. The third-order valence-electron chi connectivity index (χ3n) is 5.52. The summed E-state index contributed by atoms with van der Waals surface area (Å²) in [5, 5.41) is 3.62. The van der Waals surface area contributed by atoms with Crippen LogP contribution < -0.4 is 5.32 Å². The van der Waals surface area contributed by atoms with Crippen LogP contribution in [0.15, 0.2) is 62.7 Å². The average molecular weight is 393 g/mol. The van der Waals surface area contributed by atoms with Gasteiger partial charge in [-0.1, -0.05) is 36.8 Å². The second-order valence-electron chi connectivity index (χ2n) is 7.53. The zero-order chi connectivity index (χ0) is 21.6. The zero-order valence-corrected chi connectivity index (χ0v) is 18.9. The maximum Gasteiger partial charge on any atom is 0.0372 e. The number of fused-ring (bicyclic) bond motifs is 1. The first-order chi connectivity index (χ1) is 14.1. The molecule has 0 bridgehead atoms. The summed E-state index contributed by atoms with van der Waals surface area (Å²) in [6.07, 6.45) is 5.06. The second-order valence-corrected chi connectivity index (χ2v) is 7.53. The van der Waals surface area contributed by atoms with E-state index in [9.17, 15) is 0 Å². The molecule has 29 heavy (non-hydrogen) atoms. The van der Waals surface area contributed by atoms with E-state index in [1.54, 1.807) is 5.56 Å². The van der Waals surface area contributed by atoms with E-state index in [1.165, 1.54) is 66.7 Å². The number of nitrogens with one attached hydrogen (secondary N) is 1. The highest BCUT2D eigenvalue weighted by Crippen LogP contribution is 2.21. The SMILES string of the molecule is C=C.C=C.Cc1cc(C)c(NCCCCCN2CCc3ccccc3C2)cc1C. The Morgan fingerprint density at radius 1 is 0.828 bits per heavy atom. The molecule has 1 aliphatic heterocycles. The number of anilines is 1. The predicted octanol–water partition coefficient (Wildman–Crippen LogP) is 6.86. The number of hydrogen-bond acceptors (Lipinski definition) is 2. The standard InChI is InChI=1S/C23H32N2.2C2H4/c1-18-15-20(3)23(16-19(18)2)24-12-7-4-8-13-25-14-11-21-9-5-6-10-22(21)17-25;2*1-2/h5-6,9-10,15-16,24H,4,7-8,11-14,17H2,1-3H3;2*1-2H2. The van der Waals surface area contributed by atoms with Gasteiger partial charge in [0.1, 0.15) is 0 Å². The van der Waals surface area contributed by atoms with E-state index in [0.717, 1.165) is 13.1 Å². The molecule has 1 aliphatic rings. The molecule has 2 nitrogen and oxygen atoms in total. The summed E-state index contributed by atoms with van der Waals surface area (Å²) in [5.74, 6) is 0. The van der Waals surface area contributed by atoms with E-state index in [2.05, 4.69) is 93.7 Å². The van der Waals surface area contributed by atoms with Crippen molar-refractivity contribution < 1.29 is 0 Å². The van der Waals surface area contributed by atoms with Gasteiger partial charge in [0.2, 0.25) is 0 Å². The summed E-state index contributed by atoms with van der Waals surface area (Å²) in [5.41, 5.74) is 8.49. The molecule has 2 heteroatoms. The van der Waals surface area contributed by atoms with Crippen LogP contribution in [0.1, 0.15) is 47.1 Å². The summed E-state index contributed by atoms with van der Waals surface area (Å²) in [7, 11) is 0. The molecule has 158 valence electrons. The summed E-state index contributed by atoms with van der Waals surface area (Å²) in [6.45, 7) is 23.2. The molecule has 1 heterocycles. The first-order valence-electron chi connectivity index (χ1n) is 10.7. The van der Waals surface area contributed by atoms with Crippen molar-refractivity contribution in [2.75, 3.05) is 25.0 Å². The maximum atomic E-state index is 3.62. The predicted molar refractivity (Wildman–Crippen MR) is 131 cm³/mol. The van der Waals surface area contributed by atoms with Gasteiger partial charge in [0, 0.05) is 25.3 Å². The molecule has 0 aliphatic carbocycles. The Bertz CT molecular complexity index is 733. The zero-order valence-electron chi connectivity index (χ0n) is 18.9. The van der Waals surface area contributed by atoms with E-state index in [-0.39, 0.29) is 0 Å². The second kappa shape index (κ2) is 13.8. The largest absolute Gasteiger partial charge is 0.385 e. The van der Waals surface area contributed by atoms with Gasteiger partial charge in [-0.25, -0.2) is 0 Å². The van der Waals surface area contributed by atoms with Crippen LogP contribution in [-0.2, 0) is 13.0 Å². The first kappa shape index (κ1) is 24.7. The number of benzene rings is 2. The highest BCUT2D eigenvalue weighted by molar-refractivity contribution is 5.54. The Morgan fingerprint density at radius 3 is 2.21 bits per heavy atom. The fourth-order valence-corrected chi connectivity index (χ4v) is 3.76. The minimum absolute atomic E-state index is 1.08. The Morgan fingerprint density at radius 2 is 1.48 bits per heavy atom. The fourth-order valence-electron chi connectivity index (χ4n) is 3.76. The molecule has 3 rings (SSSR count). The van der Waals surface area contributed by atoms with Gasteiger partial charge in [0.25, 0.3) is 0 Å². The van der Waals surface area contributed by atoms with Gasteiger partial charge in [0.05, 0.1) is 0 Å². The van der Waals surface area contributed by atoms with E-state index >= 15 is 0 Å². The number of hydrogen-bond donors (Lipinski definition) is 1. The number of rotatable bonds is 7. The Kier molecular flexibility index (Phi) is 11.8. The van der Waals surface area contributed by atoms with Gasteiger partial charge < -0.3 is 5.32 Å². The molecule has 2 aromatic rings. The number of unbranched alkanes of at least 4 members (excludes halogenated alkanes) is 2.